The van der Waals surface area contributed by atoms with E-state index in [0.717, 1.165) is 0 Å². The lowest BCUT2D eigenvalue weighted by Crippen LogP contribution is -2.09. The zero-order chi connectivity index (χ0) is 15.7. The molecular formula is C17H15NO4. The number of hydrogen-bond acceptors (Lipinski definition) is 5. The van der Waals surface area contributed by atoms with E-state index in [1.165, 1.54) is 24.3 Å². The summed E-state index contributed by atoms with van der Waals surface area (Å²) < 4.78 is 0. The number of hydrogen-bond donors (Lipinski definition) is 5. The number of nitrogens with one attached hydrogen (secondary N) is 1. The monoisotopic (exact) mass is 297 g/mol. The average molecular weight is 297 g/mol. The van der Waals surface area contributed by atoms with Gasteiger partial charge < -0.3 is 25.7 Å². The van der Waals surface area contributed by atoms with E-state index in [0.29, 0.717) is 16.5 Å². The van der Waals surface area contributed by atoms with Gasteiger partial charge in [-0.25, -0.2) is 0 Å². The predicted octanol–water partition coefficient (Wildman–Crippen LogP) is 3.06. The summed E-state index contributed by atoms with van der Waals surface area (Å²) in [6.45, 7) is 0. The molecule has 0 aliphatic heterocycles. The minimum absolute atomic E-state index is 0.0646. The number of rotatable bonds is 3. The van der Waals surface area contributed by atoms with E-state index in [9.17, 15) is 20.4 Å². The number of benzene rings is 3. The number of phenolic OH excluding ortho intramolecular Hbond substituents is 3. The Morgan fingerprint density at radius 3 is 2.36 bits per heavy atom. The molecule has 3 aromatic carbocycles. The maximum absolute atomic E-state index is 10.3. The molecule has 0 bridgehead atoms. The molecule has 5 heteroatoms. The van der Waals surface area contributed by atoms with Crippen molar-refractivity contribution in [3.8, 4) is 17.2 Å². The van der Waals surface area contributed by atoms with Crippen LogP contribution >= 0.6 is 0 Å². The van der Waals surface area contributed by atoms with Gasteiger partial charge in [0.25, 0.3) is 0 Å². The molecule has 1 unspecified atom stereocenters. The minimum Gasteiger partial charge on any atom is -0.508 e. The molecule has 5 nitrogen and oxygen atoms in total. The van der Waals surface area contributed by atoms with Crippen LogP contribution in [0.25, 0.3) is 10.8 Å². The number of aliphatic hydroxyl groups excluding tert-OH is 1. The van der Waals surface area contributed by atoms with Crippen LogP contribution in [0, 0.1) is 0 Å². The summed E-state index contributed by atoms with van der Waals surface area (Å²) in [5, 5.41) is 43.5. The third-order valence-corrected chi connectivity index (χ3v) is 3.45. The first-order valence-corrected chi connectivity index (χ1v) is 6.73. The van der Waals surface area contributed by atoms with Crippen LogP contribution in [0.1, 0.15) is 11.8 Å². The number of phenols is 3. The fraction of sp³-hybridized carbons (Fsp3) is 0.0588. The van der Waals surface area contributed by atoms with Crippen LogP contribution in [0.4, 0.5) is 5.69 Å². The molecule has 0 saturated heterocycles. The Kier molecular flexibility index (Phi) is 3.48. The Hall–Kier alpha value is -2.92. The predicted molar refractivity (Wildman–Crippen MR) is 84.0 cm³/mol. The summed E-state index contributed by atoms with van der Waals surface area (Å²) in [7, 11) is 0. The van der Waals surface area contributed by atoms with Crippen LogP contribution in [0.5, 0.6) is 17.2 Å². The first-order chi connectivity index (χ1) is 10.5. The minimum atomic E-state index is -1.16. The van der Waals surface area contributed by atoms with Crippen LogP contribution in [0.3, 0.4) is 0 Å². The third kappa shape index (κ3) is 2.62. The summed E-state index contributed by atoms with van der Waals surface area (Å²) in [5.74, 6) is 0.00814. The Bertz CT molecular complexity index is 832. The lowest BCUT2D eigenvalue weighted by atomic mass is 10.0. The molecule has 0 fully saturated rings. The second-order valence-corrected chi connectivity index (χ2v) is 5.01. The van der Waals surface area contributed by atoms with Crippen LogP contribution in [-0.4, -0.2) is 20.4 Å². The Labute approximate surface area is 126 Å². The van der Waals surface area contributed by atoms with Crippen molar-refractivity contribution in [3.63, 3.8) is 0 Å². The first-order valence-electron chi connectivity index (χ1n) is 6.73. The van der Waals surface area contributed by atoms with Crippen molar-refractivity contribution in [2.24, 2.45) is 0 Å². The van der Waals surface area contributed by atoms with Crippen molar-refractivity contribution in [2.75, 3.05) is 5.32 Å². The van der Waals surface area contributed by atoms with E-state index in [-0.39, 0.29) is 22.8 Å². The van der Waals surface area contributed by atoms with Gasteiger partial charge in [-0.3, -0.25) is 0 Å². The van der Waals surface area contributed by atoms with Gasteiger partial charge in [-0.1, -0.05) is 18.2 Å². The van der Waals surface area contributed by atoms with E-state index in [4.69, 9.17) is 0 Å². The van der Waals surface area contributed by atoms with Gasteiger partial charge in [0.05, 0.1) is 0 Å². The molecule has 0 aliphatic carbocycles. The number of aliphatic hydroxyl groups is 1. The molecule has 0 radical (unpaired) electrons. The molecule has 3 aromatic rings. The molecule has 0 amide bonds. The Balaban J connectivity index is 1.97. The van der Waals surface area contributed by atoms with Crippen molar-refractivity contribution in [3.05, 3.63) is 60.2 Å². The zero-order valence-corrected chi connectivity index (χ0v) is 11.6. The zero-order valence-electron chi connectivity index (χ0n) is 11.6. The maximum Gasteiger partial charge on any atom is 0.154 e. The van der Waals surface area contributed by atoms with Gasteiger partial charge in [-0.05, 0) is 35.7 Å². The van der Waals surface area contributed by atoms with Gasteiger partial charge in [0.15, 0.2) is 6.23 Å². The molecule has 1 atom stereocenters. The second kappa shape index (κ2) is 5.46. The number of anilines is 1. The molecule has 5 N–H and O–H groups in total. The molecule has 0 aromatic heterocycles. The van der Waals surface area contributed by atoms with E-state index in [1.54, 1.807) is 30.3 Å². The van der Waals surface area contributed by atoms with Crippen molar-refractivity contribution in [2.45, 2.75) is 6.23 Å². The number of aromatic hydroxyl groups is 3. The molecule has 22 heavy (non-hydrogen) atoms. The highest BCUT2D eigenvalue weighted by Crippen LogP contribution is 2.34. The number of fused-ring (bicyclic) bond motifs is 1. The standard InChI is InChI=1S/C17H15NO4/c19-12-5-2-4-11(8-12)18-17(22)14-7-10-3-1-6-15(20)13(10)9-16(14)21/h1-9,17-22H. The van der Waals surface area contributed by atoms with Gasteiger partial charge >= 0.3 is 0 Å². The lowest BCUT2D eigenvalue weighted by Gasteiger charge is -2.17. The smallest absolute Gasteiger partial charge is 0.154 e. The topological polar surface area (TPSA) is 93.0 Å². The van der Waals surface area contributed by atoms with Gasteiger partial charge in [0.2, 0.25) is 0 Å². The molecule has 3 rings (SSSR count). The summed E-state index contributed by atoms with van der Waals surface area (Å²) >= 11 is 0. The van der Waals surface area contributed by atoms with Gasteiger partial charge in [0, 0.05) is 22.7 Å². The molecule has 0 spiro atoms. The summed E-state index contributed by atoms with van der Waals surface area (Å²) in [5.41, 5.74) is 0.796. The summed E-state index contributed by atoms with van der Waals surface area (Å²) in [6.07, 6.45) is -1.16. The highest BCUT2D eigenvalue weighted by molar-refractivity contribution is 5.90. The third-order valence-electron chi connectivity index (χ3n) is 3.45. The van der Waals surface area contributed by atoms with Crippen LogP contribution < -0.4 is 5.32 Å². The van der Waals surface area contributed by atoms with Crippen molar-refractivity contribution in [1.82, 2.24) is 0 Å². The van der Waals surface area contributed by atoms with Gasteiger partial charge in [-0.15, -0.1) is 0 Å². The van der Waals surface area contributed by atoms with Crippen LogP contribution in [-0.2, 0) is 0 Å². The van der Waals surface area contributed by atoms with Gasteiger partial charge in [-0.2, -0.15) is 0 Å². The fourth-order valence-electron chi connectivity index (χ4n) is 2.37. The SMILES string of the molecule is Oc1cccc(NC(O)c2cc3cccc(O)c3cc2O)c1. The fourth-order valence-corrected chi connectivity index (χ4v) is 2.37. The first kappa shape index (κ1) is 14.0. The average Bonchev–Trinajstić information content (AvgIpc) is 2.47. The Morgan fingerprint density at radius 2 is 1.59 bits per heavy atom. The molecular weight excluding hydrogens is 282 g/mol. The van der Waals surface area contributed by atoms with E-state index >= 15 is 0 Å². The lowest BCUT2D eigenvalue weighted by molar-refractivity contribution is 0.204. The summed E-state index contributed by atoms with van der Waals surface area (Å²) in [4.78, 5) is 0. The van der Waals surface area contributed by atoms with Crippen LogP contribution in [0.2, 0.25) is 0 Å². The molecule has 0 heterocycles. The molecule has 112 valence electrons. The van der Waals surface area contributed by atoms with E-state index < -0.39 is 6.23 Å². The van der Waals surface area contributed by atoms with E-state index in [1.807, 2.05) is 0 Å². The summed E-state index contributed by atoms with van der Waals surface area (Å²) in [6, 6.07) is 14.3. The van der Waals surface area contributed by atoms with Gasteiger partial charge in [0.1, 0.15) is 17.2 Å². The Morgan fingerprint density at radius 1 is 0.818 bits per heavy atom. The normalized spacial score (nSPS) is 12.2. The highest BCUT2D eigenvalue weighted by Gasteiger charge is 2.14. The molecule has 0 saturated carbocycles. The maximum atomic E-state index is 10.3. The second-order valence-electron chi connectivity index (χ2n) is 5.01. The quantitative estimate of drug-likeness (QED) is 0.479. The van der Waals surface area contributed by atoms with Crippen molar-refractivity contribution < 1.29 is 20.4 Å². The van der Waals surface area contributed by atoms with Crippen molar-refractivity contribution >= 4 is 16.5 Å². The van der Waals surface area contributed by atoms with Crippen molar-refractivity contribution in [1.29, 1.82) is 0 Å². The largest absolute Gasteiger partial charge is 0.508 e. The molecule has 0 aliphatic rings. The highest BCUT2D eigenvalue weighted by atomic mass is 16.3. The van der Waals surface area contributed by atoms with E-state index in [2.05, 4.69) is 5.32 Å². The van der Waals surface area contributed by atoms with Crippen LogP contribution in [0.15, 0.2) is 54.6 Å².